The van der Waals surface area contributed by atoms with Crippen molar-refractivity contribution in [3.63, 3.8) is 0 Å². The van der Waals surface area contributed by atoms with Gasteiger partial charge >= 0.3 is 0 Å². The molecule has 0 fully saturated rings. The van der Waals surface area contributed by atoms with E-state index in [-0.39, 0.29) is 5.56 Å². The number of unbranched alkanes of at least 4 members (excludes halogenated alkanes) is 1. The summed E-state index contributed by atoms with van der Waals surface area (Å²) in [7, 11) is 0. The molecule has 2 aromatic rings. The van der Waals surface area contributed by atoms with Crippen LogP contribution in [0.5, 0.6) is 0 Å². The molecule has 106 valence electrons. The van der Waals surface area contributed by atoms with Crippen molar-refractivity contribution >= 4 is 34.0 Å². The fourth-order valence-corrected chi connectivity index (χ4v) is 2.52. The van der Waals surface area contributed by atoms with Crippen molar-refractivity contribution in [3.05, 3.63) is 39.6 Å². The maximum atomic E-state index is 13.5. The van der Waals surface area contributed by atoms with Gasteiger partial charge in [0.25, 0.3) is 5.91 Å². The van der Waals surface area contributed by atoms with Crippen LogP contribution in [0.15, 0.2) is 18.2 Å². The number of amides is 1. The Balaban J connectivity index is 2.07. The Morgan fingerprint density at radius 2 is 2.25 bits per heavy atom. The highest BCUT2D eigenvalue weighted by Gasteiger charge is 2.14. The van der Waals surface area contributed by atoms with E-state index in [9.17, 15) is 9.18 Å². The van der Waals surface area contributed by atoms with E-state index in [2.05, 4.69) is 22.4 Å². The number of aryl methyl sites for hydroxylation is 1. The van der Waals surface area contributed by atoms with E-state index in [1.165, 1.54) is 23.5 Å². The normalized spacial score (nSPS) is 10.6. The van der Waals surface area contributed by atoms with Gasteiger partial charge in [-0.1, -0.05) is 36.3 Å². The van der Waals surface area contributed by atoms with Crippen molar-refractivity contribution < 1.29 is 9.18 Å². The van der Waals surface area contributed by atoms with Crippen LogP contribution in [-0.2, 0) is 6.42 Å². The largest absolute Gasteiger partial charge is 0.296 e. The minimum absolute atomic E-state index is 0.109. The predicted octanol–water partition coefficient (Wildman–Crippen LogP) is 3.93. The molecule has 0 aliphatic rings. The Morgan fingerprint density at radius 3 is 3.00 bits per heavy atom. The van der Waals surface area contributed by atoms with E-state index in [0.717, 1.165) is 30.3 Å². The molecule has 1 aromatic heterocycles. The van der Waals surface area contributed by atoms with Crippen molar-refractivity contribution in [1.29, 1.82) is 0 Å². The van der Waals surface area contributed by atoms with E-state index in [1.54, 1.807) is 0 Å². The summed E-state index contributed by atoms with van der Waals surface area (Å²) in [5.74, 6) is -1.20. The van der Waals surface area contributed by atoms with Crippen LogP contribution >= 0.6 is 22.9 Å². The molecule has 20 heavy (non-hydrogen) atoms. The van der Waals surface area contributed by atoms with E-state index >= 15 is 0 Å². The Kier molecular flexibility index (Phi) is 5.03. The Hall–Kier alpha value is -1.53. The number of carbonyl (C=O) groups excluding carboxylic acids is 1. The van der Waals surface area contributed by atoms with Gasteiger partial charge in [-0.15, -0.1) is 10.2 Å². The van der Waals surface area contributed by atoms with E-state index in [4.69, 9.17) is 11.6 Å². The van der Waals surface area contributed by atoms with Crippen molar-refractivity contribution in [2.45, 2.75) is 26.2 Å². The van der Waals surface area contributed by atoms with Gasteiger partial charge in [0, 0.05) is 11.4 Å². The molecule has 1 heterocycles. The van der Waals surface area contributed by atoms with Gasteiger partial charge in [0.05, 0.1) is 5.56 Å². The standard InChI is InChI=1S/C13H13ClFN3OS/c1-2-3-4-11-17-18-13(20-11)16-12(19)9-7-8(14)5-6-10(9)15/h5-7H,2-4H2,1H3,(H,16,18,19). The van der Waals surface area contributed by atoms with Gasteiger partial charge in [-0.2, -0.15) is 0 Å². The summed E-state index contributed by atoms with van der Waals surface area (Å²) in [6.45, 7) is 2.09. The fourth-order valence-electron chi connectivity index (χ4n) is 1.57. The maximum absolute atomic E-state index is 13.5. The first kappa shape index (κ1) is 14.9. The van der Waals surface area contributed by atoms with Crippen molar-refractivity contribution in [2.24, 2.45) is 0 Å². The first-order valence-corrected chi connectivity index (χ1v) is 7.38. The summed E-state index contributed by atoms with van der Waals surface area (Å²) in [6.07, 6.45) is 2.91. The highest BCUT2D eigenvalue weighted by atomic mass is 35.5. The molecule has 0 aliphatic heterocycles. The van der Waals surface area contributed by atoms with Gasteiger partial charge in [-0.3, -0.25) is 10.1 Å². The second kappa shape index (κ2) is 6.76. The molecule has 0 bridgehead atoms. The van der Waals surface area contributed by atoms with E-state index < -0.39 is 11.7 Å². The smallest absolute Gasteiger partial charge is 0.260 e. The maximum Gasteiger partial charge on any atom is 0.260 e. The molecule has 2 rings (SSSR count). The summed E-state index contributed by atoms with van der Waals surface area (Å²) >= 11 is 7.05. The van der Waals surface area contributed by atoms with Crippen LogP contribution in [0.4, 0.5) is 9.52 Å². The summed E-state index contributed by atoms with van der Waals surface area (Å²) in [4.78, 5) is 11.9. The highest BCUT2D eigenvalue weighted by molar-refractivity contribution is 7.15. The Bertz CT molecular complexity index is 617. The molecule has 0 unspecified atom stereocenters. The summed E-state index contributed by atoms with van der Waals surface area (Å²) in [5.41, 5.74) is -0.109. The summed E-state index contributed by atoms with van der Waals surface area (Å²) < 4.78 is 13.5. The zero-order chi connectivity index (χ0) is 14.5. The third kappa shape index (κ3) is 3.74. The van der Waals surface area contributed by atoms with Gasteiger partial charge in [-0.25, -0.2) is 4.39 Å². The topological polar surface area (TPSA) is 54.9 Å². The monoisotopic (exact) mass is 313 g/mol. The molecule has 0 aliphatic carbocycles. The van der Waals surface area contributed by atoms with Crippen LogP contribution in [-0.4, -0.2) is 16.1 Å². The molecule has 0 radical (unpaired) electrons. The fraction of sp³-hybridized carbons (Fsp3) is 0.308. The predicted molar refractivity (Wildman–Crippen MR) is 77.9 cm³/mol. The van der Waals surface area contributed by atoms with Crippen LogP contribution in [0.1, 0.15) is 35.1 Å². The van der Waals surface area contributed by atoms with Crippen LogP contribution in [0.2, 0.25) is 5.02 Å². The molecule has 0 saturated heterocycles. The third-order valence-corrected chi connectivity index (χ3v) is 3.74. The molecule has 0 spiro atoms. The quantitative estimate of drug-likeness (QED) is 0.910. The molecule has 1 aromatic carbocycles. The van der Waals surface area contributed by atoms with Crippen LogP contribution in [0, 0.1) is 5.82 Å². The average molecular weight is 314 g/mol. The molecule has 0 atom stereocenters. The number of anilines is 1. The second-order valence-electron chi connectivity index (χ2n) is 4.18. The summed E-state index contributed by atoms with van der Waals surface area (Å²) in [5, 5.41) is 11.9. The van der Waals surface area contributed by atoms with Gasteiger partial charge in [0.2, 0.25) is 5.13 Å². The minimum atomic E-state index is -0.623. The van der Waals surface area contributed by atoms with Crippen molar-refractivity contribution in [3.8, 4) is 0 Å². The molecule has 1 amide bonds. The molecule has 4 nitrogen and oxygen atoms in total. The lowest BCUT2D eigenvalue weighted by molar-refractivity contribution is 0.102. The first-order valence-electron chi connectivity index (χ1n) is 6.19. The molecule has 0 saturated carbocycles. The van der Waals surface area contributed by atoms with Crippen LogP contribution in [0.25, 0.3) is 0 Å². The Labute approximate surface area is 125 Å². The van der Waals surface area contributed by atoms with Gasteiger partial charge in [0.15, 0.2) is 0 Å². The van der Waals surface area contributed by atoms with E-state index in [1.807, 2.05) is 0 Å². The number of hydrogen-bond donors (Lipinski definition) is 1. The average Bonchev–Trinajstić information content (AvgIpc) is 2.86. The van der Waals surface area contributed by atoms with E-state index in [0.29, 0.717) is 10.2 Å². The van der Waals surface area contributed by atoms with Crippen LogP contribution in [0.3, 0.4) is 0 Å². The first-order chi connectivity index (χ1) is 9.60. The van der Waals surface area contributed by atoms with Crippen molar-refractivity contribution in [2.75, 3.05) is 5.32 Å². The number of halogens is 2. The summed E-state index contributed by atoms with van der Waals surface area (Å²) in [6, 6.07) is 3.83. The number of aromatic nitrogens is 2. The molecular formula is C13H13ClFN3OS. The number of nitrogens with one attached hydrogen (secondary N) is 1. The zero-order valence-corrected chi connectivity index (χ0v) is 12.4. The van der Waals surface area contributed by atoms with Crippen LogP contribution < -0.4 is 5.32 Å². The van der Waals surface area contributed by atoms with Gasteiger partial charge in [-0.05, 0) is 24.6 Å². The van der Waals surface area contributed by atoms with Crippen molar-refractivity contribution in [1.82, 2.24) is 10.2 Å². The zero-order valence-electron chi connectivity index (χ0n) is 10.8. The number of benzene rings is 1. The number of nitrogens with zero attached hydrogens (tertiary/aromatic N) is 2. The van der Waals surface area contributed by atoms with Gasteiger partial charge in [0.1, 0.15) is 10.8 Å². The SMILES string of the molecule is CCCCc1nnc(NC(=O)c2cc(Cl)ccc2F)s1. The second-order valence-corrected chi connectivity index (χ2v) is 5.68. The molecule has 1 N–H and O–H groups in total. The number of rotatable bonds is 5. The lowest BCUT2D eigenvalue weighted by Gasteiger charge is -2.03. The Morgan fingerprint density at radius 1 is 1.45 bits per heavy atom. The lowest BCUT2D eigenvalue weighted by atomic mass is 10.2. The molecule has 7 heteroatoms. The lowest BCUT2D eigenvalue weighted by Crippen LogP contribution is -2.13. The molecular weight excluding hydrogens is 301 g/mol. The minimum Gasteiger partial charge on any atom is -0.296 e. The van der Waals surface area contributed by atoms with Gasteiger partial charge < -0.3 is 0 Å². The highest BCUT2D eigenvalue weighted by Crippen LogP contribution is 2.20. The number of carbonyl (C=O) groups is 1. The third-order valence-electron chi connectivity index (χ3n) is 2.60. The number of hydrogen-bond acceptors (Lipinski definition) is 4.